The molecule has 1 aromatic carbocycles. The summed E-state index contributed by atoms with van der Waals surface area (Å²) < 4.78 is 11.1. The molecule has 0 aliphatic carbocycles. The third kappa shape index (κ3) is 4.51. The molecule has 1 amide bonds. The van der Waals surface area contributed by atoms with Gasteiger partial charge in [-0.3, -0.25) is 10.2 Å². The Kier molecular flexibility index (Phi) is 6.52. The highest BCUT2D eigenvalue weighted by Gasteiger charge is 2.35. The number of fused-ring (bicyclic) bond motifs is 1. The van der Waals surface area contributed by atoms with E-state index in [9.17, 15) is 9.59 Å². The highest BCUT2D eigenvalue weighted by molar-refractivity contribution is 8.26. The molecule has 0 saturated carbocycles. The monoisotopic (exact) mass is 468 g/mol. The number of hydrazone groups is 1. The number of thiophene rings is 1. The van der Waals surface area contributed by atoms with Crippen LogP contribution >= 0.6 is 23.1 Å². The highest BCUT2D eigenvalue weighted by atomic mass is 32.2. The molecule has 0 saturated heterocycles. The van der Waals surface area contributed by atoms with Crippen molar-refractivity contribution in [3.05, 3.63) is 51.7 Å². The summed E-state index contributed by atoms with van der Waals surface area (Å²) in [5, 5.41) is 17.3. The number of amides is 1. The molecule has 1 aromatic heterocycles. The zero-order valence-corrected chi connectivity index (χ0v) is 19.1. The van der Waals surface area contributed by atoms with E-state index in [4.69, 9.17) is 14.9 Å². The summed E-state index contributed by atoms with van der Waals surface area (Å²) in [5.74, 6) is -0.337. The number of hydrogen-bond donors (Lipinski definition) is 1. The average molecular weight is 469 g/mol. The predicted octanol–water partition coefficient (Wildman–Crippen LogP) is 4.79. The maximum Gasteiger partial charge on any atom is 0.353 e. The van der Waals surface area contributed by atoms with Gasteiger partial charge >= 0.3 is 5.97 Å². The van der Waals surface area contributed by atoms with Crippen molar-refractivity contribution in [1.82, 2.24) is 5.01 Å². The standard InChI is InChI=1S/C22H20N4O4S2/c1-3-6-18-25-26-19(23)14(20(27)24-22(26)32-18)11-13-8-9-15(16(12-13)29-4-2)30-21(28)17-7-5-10-31-17/h5,7-12,23H,3-4,6H2,1-2H3/b14-11-,23-19?. The minimum Gasteiger partial charge on any atom is -0.490 e. The van der Waals surface area contributed by atoms with Crippen LogP contribution in [-0.2, 0) is 4.79 Å². The van der Waals surface area contributed by atoms with Gasteiger partial charge in [-0.15, -0.1) is 11.3 Å². The van der Waals surface area contributed by atoms with Gasteiger partial charge in [-0.25, -0.2) is 4.79 Å². The Morgan fingerprint density at radius 3 is 2.81 bits per heavy atom. The number of amidine groups is 2. The number of carbonyl (C=O) groups is 2. The number of carbonyl (C=O) groups excluding carboxylic acids is 2. The van der Waals surface area contributed by atoms with Gasteiger partial charge in [0.1, 0.15) is 9.92 Å². The molecule has 0 radical (unpaired) electrons. The summed E-state index contributed by atoms with van der Waals surface area (Å²) in [6.07, 6.45) is 3.25. The second-order valence-corrected chi connectivity index (χ2v) is 8.76. The van der Waals surface area contributed by atoms with E-state index in [2.05, 4.69) is 10.1 Å². The Bertz CT molecular complexity index is 1170. The minimum atomic E-state index is -0.493. The number of nitrogens with one attached hydrogen (secondary N) is 1. The van der Waals surface area contributed by atoms with Gasteiger partial charge in [-0.1, -0.05) is 19.1 Å². The molecule has 4 rings (SSSR count). The molecular formula is C22H20N4O4S2. The van der Waals surface area contributed by atoms with E-state index in [-0.39, 0.29) is 17.2 Å². The third-order valence-electron chi connectivity index (χ3n) is 4.46. The van der Waals surface area contributed by atoms with E-state index in [1.54, 1.807) is 41.8 Å². The van der Waals surface area contributed by atoms with Gasteiger partial charge in [0.15, 0.2) is 17.3 Å². The number of thioether (sulfide) groups is 1. The van der Waals surface area contributed by atoms with E-state index in [1.807, 2.05) is 13.8 Å². The molecule has 0 bridgehead atoms. The van der Waals surface area contributed by atoms with Crippen LogP contribution in [0.25, 0.3) is 6.08 Å². The molecule has 32 heavy (non-hydrogen) atoms. The number of benzene rings is 1. The smallest absolute Gasteiger partial charge is 0.353 e. The zero-order chi connectivity index (χ0) is 22.7. The first-order valence-corrected chi connectivity index (χ1v) is 11.7. The van der Waals surface area contributed by atoms with E-state index in [0.29, 0.717) is 28.0 Å². The Labute approximate surface area is 193 Å². The van der Waals surface area contributed by atoms with Crippen molar-refractivity contribution >= 4 is 57.1 Å². The van der Waals surface area contributed by atoms with Crippen molar-refractivity contribution in [1.29, 1.82) is 5.41 Å². The third-order valence-corrected chi connectivity index (χ3v) is 6.28. The quantitative estimate of drug-likeness (QED) is 0.356. The molecule has 164 valence electrons. The molecule has 8 nitrogen and oxygen atoms in total. The molecule has 3 heterocycles. The summed E-state index contributed by atoms with van der Waals surface area (Å²) in [7, 11) is 0. The van der Waals surface area contributed by atoms with Crippen molar-refractivity contribution in [3.8, 4) is 11.5 Å². The van der Waals surface area contributed by atoms with Crippen LogP contribution < -0.4 is 9.47 Å². The van der Waals surface area contributed by atoms with Gasteiger partial charge < -0.3 is 9.47 Å². The maximum absolute atomic E-state index is 12.6. The number of hydrogen-bond acceptors (Lipinski definition) is 8. The van der Waals surface area contributed by atoms with Gasteiger partial charge in [0, 0.05) is 0 Å². The fourth-order valence-electron chi connectivity index (χ4n) is 3.03. The van der Waals surface area contributed by atoms with Gasteiger partial charge in [0.05, 0.1) is 12.2 Å². The number of aliphatic imine (C=N–C) groups is 1. The largest absolute Gasteiger partial charge is 0.490 e. The second-order valence-electron chi connectivity index (χ2n) is 6.77. The van der Waals surface area contributed by atoms with Crippen molar-refractivity contribution in [2.45, 2.75) is 26.7 Å². The Morgan fingerprint density at radius 1 is 1.25 bits per heavy atom. The van der Waals surface area contributed by atoms with Crippen LogP contribution in [0.3, 0.4) is 0 Å². The van der Waals surface area contributed by atoms with Crippen molar-refractivity contribution < 1.29 is 19.1 Å². The average Bonchev–Trinajstić information content (AvgIpc) is 3.43. The highest BCUT2D eigenvalue weighted by Crippen LogP contribution is 2.33. The van der Waals surface area contributed by atoms with E-state index in [1.165, 1.54) is 28.1 Å². The molecule has 0 atom stereocenters. The van der Waals surface area contributed by atoms with E-state index < -0.39 is 11.9 Å². The van der Waals surface area contributed by atoms with Gasteiger partial charge in [-0.05, 0) is 66.7 Å². The maximum atomic E-state index is 12.6. The summed E-state index contributed by atoms with van der Waals surface area (Å²) in [6, 6.07) is 8.43. The fourth-order valence-corrected chi connectivity index (χ4v) is 4.61. The molecule has 10 heteroatoms. The Morgan fingerprint density at radius 2 is 2.09 bits per heavy atom. The van der Waals surface area contributed by atoms with E-state index in [0.717, 1.165) is 17.9 Å². The fraction of sp³-hybridized carbons (Fsp3) is 0.227. The molecular weight excluding hydrogens is 448 g/mol. The lowest BCUT2D eigenvalue weighted by Gasteiger charge is -2.20. The zero-order valence-electron chi connectivity index (χ0n) is 17.5. The van der Waals surface area contributed by atoms with Crippen LogP contribution in [0.1, 0.15) is 41.9 Å². The number of nitrogens with zero attached hydrogens (tertiary/aromatic N) is 3. The van der Waals surface area contributed by atoms with Crippen molar-refractivity contribution in [3.63, 3.8) is 0 Å². The molecule has 0 unspecified atom stereocenters. The van der Waals surface area contributed by atoms with Crippen LogP contribution in [-0.4, -0.2) is 39.5 Å². The van der Waals surface area contributed by atoms with Crippen molar-refractivity contribution in [2.24, 2.45) is 10.1 Å². The molecule has 0 fully saturated rings. The first-order chi connectivity index (χ1) is 15.5. The lowest BCUT2D eigenvalue weighted by atomic mass is 10.1. The van der Waals surface area contributed by atoms with Crippen LogP contribution in [0.4, 0.5) is 0 Å². The number of esters is 1. The summed E-state index contributed by atoms with van der Waals surface area (Å²) in [5.41, 5.74) is 0.738. The van der Waals surface area contributed by atoms with E-state index >= 15 is 0 Å². The molecule has 0 spiro atoms. The van der Waals surface area contributed by atoms with Crippen molar-refractivity contribution in [2.75, 3.05) is 6.61 Å². The minimum absolute atomic E-state index is 0.0234. The molecule has 2 aliphatic rings. The summed E-state index contributed by atoms with van der Waals surface area (Å²) in [6.45, 7) is 4.23. The van der Waals surface area contributed by atoms with Gasteiger partial charge in [0.25, 0.3) is 5.91 Å². The lowest BCUT2D eigenvalue weighted by molar-refractivity contribution is -0.114. The Balaban J connectivity index is 1.61. The molecule has 1 N–H and O–H groups in total. The summed E-state index contributed by atoms with van der Waals surface area (Å²) in [4.78, 5) is 29.5. The van der Waals surface area contributed by atoms with Crippen LogP contribution in [0.2, 0.25) is 0 Å². The van der Waals surface area contributed by atoms with Crippen LogP contribution in [0.5, 0.6) is 11.5 Å². The molecule has 2 aliphatic heterocycles. The van der Waals surface area contributed by atoms with Gasteiger partial charge in [-0.2, -0.15) is 15.1 Å². The normalized spacial score (nSPS) is 16.7. The second kappa shape index (κ2) is 9.49. The predicted molar refractivity (Wildman–Crippen MR) is 127 cm³/mol. The summed E-state index contributed by atoms with van der Waals surface area (Å²) >= 11 is 2.61. The number of ether oxygens (including phenoxy) is 2. The lowest BCUT2D eigenvalue weighted by Crippen LogP contribution is -2.35. The topological polar surface area (TPSA) is 104 Å². The number of rotatable bonds is 7. The SMILES string of the molecule is CCCC1=NN2C(=N)/C(=C/c3ccc(OC(=O)c4cccs4)c(OCC)c3)C(=O)N=C2S1. The van der Waals surface area contributed by atoms with Crippen LogP contribution in [0.15, 0.2) is 51.4 Å². The Hall–Kier alpha value is -3.24. The first kappa shape index (κ1) is 22.0. The first-order valence-electron chi connectivity index (χ1n) is 10.0. The molecule has 2 aromatic rings. The van der Waals surface area contributed by atoms with Crippen LogP contribution in [0, 0.1) is 5.41 Å². The van der Waals surface area contributed by atoms with Gasteiger partial charge in [0.2, 0.25) is 5.17 Å².